The predicted molar refractivity (Wildman–Crippen MR) is 65.0 cm³/mol. The third kappa shape index (κ3) is 2.36. The first-order valence-electron chi connectivity index (χ1n) is 5.36. The molecule has 2 rings (SSSR count). The van der Waals surface area contributed by atoms with Gasteiger partial charge in [0, 0.05) is 12.1 Å². The Labute approximate surface area is 109 Å². The highest BCUT2D eigenvalue weighted by Gasteiger charge is 2.38. The lowest BCUT2D eigenvalue weighted by molar-refractivity contribution is -0.141. The number of nitrogens with one attached hydrogen (secondary N) is 1. The molecule has 94 valence electrons. The standard InChI is InChI=1S/C12H11ClN2O3/c1-15-11(17)9(10(16)14-12(15)18)6-7-3-2-4-8(13)5-7/h2-5,9H,6H2,1H3,(H,14,16,18). The summed E-state index contributed by atoms with van der Waals surface area (Å²) >= 11 is 5.84. The van der Waals surface area contributed by atoms with E-state index in [9.17, 15) is 14.4 Å². The molecule has 4 amide bonds. The zero-order chi connectivity index (χ0) is 13.3. The molecule has 0 spiro atoms. The molecular weight excluding hydrogens is 256 g/mol. The molecule has 1 aliphatic heterocycles. The van der Waals surface area contributed by atoms with Crippen molar-refractivity contribution < 1.29 is 14.4 Å². The first-order valence-corrected chi connectivity index (χ1v) is 5.73. The van der Waals surface area contributed by atoms with E-state index in [0.29, 0.717) is 5.02 Å². The normalized spacial score (nSPS) is 20.0. The van der Waals surface area contributed by atoms with Crippen molar-refractivity contribution in [2.45, 2.75) is 6.42 Å². The van der Waals surface area contributed by atoms with Crippen LogP contribution in [0.15, 0.2) is 24.3 Å². The topological polar surface area (TPSA) is 66.5 Å². The number of amides is 4. The van der Waals surface area contributed by atoms with Crippen molar-refractivity contribution in [2.75, 3.05) is 7.05 Å². The summed E-state index contributed by atoms with van der Waals surface area (Å²) < 4.78 is 0. The number of halogens is 1. The lowest BCUT2D eigenvalue weighted by atomic mass is 9.96. The quantitative estimate of drug-likeness (QED) is 0.818. The monoisotopic (exact) mass is 266 g/mol. The number of carbonyl (C=O) groups is 3. The Hall–Kier alpha value is -1.88. The molecule has 1 heterocycles. The van der Waals surface area contributed by atoms with Gasteiger partial charge < -0.3 is 0 Å². The van der Waals surface area contributed by atoms with Crippen LogP contribution in [0.2, 0.25) is 5.02 Å². The van der Waals surface area contributed by atoms with Crippen LogP contribution in [0.25, 0.3) is 0 Å². The summed E-state index contributed by atoms with van der Waals surface area (Å²) in [6, 6.07) is 6.25. The van der Waals surface area contributed by atoms with E-state index in [1.807, 2.05) is 0 Å². The van der Waals surface area contributed by atoms with Crippen LogP contribution >= 0.6 is 11.6 Å². The summed E-state index contributed by atoms with van der Waals surface area (Å²) in [5.41, 5.74) is 0.777. The van der Waals surface area contributed by atoms with Crippen LogP contribution in [0.1, 0.15) is 5.56 Å². The van der Waals surface area contributed by atoms with Crippen LogP contribution in [0, 0.1) is 5.92 Å². The van der Waals surface area contributed by atoms with Crippen LogP contribution in [-0.2, 0) is 16.0 Å². The molecule has 1 aliphatic rings. The van der Waals surface area contributed by atoms with E-state index in [1.165, 1.54) is 7.05 Å². The summed E-state index contributed by atoms with van der Waals surface area (Å²) in [6.07, 6.45) is 0.225. The fourth-order valence-electron chi connectivity index (χ4n) is 1.80. The van der Waals surface area contributed by atoms with Crippen molar-refractivity contribution in [2.24, 2.45) is 5.92 Å². The van der Waals surface area contributed by atoms with Gasteiger partial charge in [-0.3, -0.25) is 19.8 Å². The summed E-state index contributed by atoms with van der Waals surface area (Å²) in [7, 11) is 1.34. The number of nitrogens with zero attached hydrogens (tertiary/aromatic N) is 1. The van der Waals surface area contributed by atoms with Gasteiger partial charge in [-0.2, -0.15) is 0 Å². The maximum Gasteiger partial charge on any atom is 0.330 e. The number of urea groups is 1. The average Bonchev–Trinajstić information content (AvgIpc) is 2.32. The largest absolute Gasteiger partial charge is 0.330 e. The second kappa shape index (κ2) is 4.78. The van der Waals surface area contributed by atoms with E-state index in [1.54, 1.807) is 24.3 Å². The summed E-state index contributed by atoms with van der Waals surface area (Å²) in [5, 5.41) is 2.68. The molecule has 0 bridgehead atoms. The van der Waals surface area contributed by atoms with Gasteiger partial charge in [-0.05, 0) is 24.1 Å². The van der Waals surface area contributed by atoms with E-state index < -0.39 is 23.8 Å². The molecule has 18 heavy (non-hydrogen) atoms. The minimum Gasteiger partial charge on any atom is -0.277 e. The highest BCUT2D eigenvalue weighted by Crippen LogP contribution is 2.18. The first kappa shape index (κ1) is 12.6. The smallest absolute Gasteiger partial charge is 0.277 e. The van der Waals surface area contributed by atoms with Gasteiger partial charge in [0.25, 0.3) is 0 Å². The van der Waals surface area contributed by atoms with E-state index >= 15 is 0 Å². The van der Waals surface area contributed by atoms with E-state index in [2.05, 4.69) is 5.32 Å². The molecule has 0 radical (unpaired) electrons. The molecule has 0 aliphatic carbocycles. The molecule has 1 unspecified atom stereocenters. The van der Waals surface area contributed by atoms with Crippen molar-refractivity contribution in [3.63, 3.8) is 0 Å². The Balaban J connectivity index is 2.20. The van der Waals surface area contributed by atoms with Crippen molar-refractivity contribution in [1.82, 2.24) is 10.2 Å². The zero-order valence-corrected chi connectivity index (χ0v) is 10.4. The number of barbiturate groups is 1. The number of rotatable bonds is 2. The molecule has 1 aromatic carbocycles. The Morgan fingerprint density at radius 1 is 1.33 bits per heavy atom. The fourth-order valence-corrected chi connectivity index (χ4v) is 2.01. The molecule has 0 aromatic heterocycles. The van der Waals surface area contributed by atoms with Gasteiger partial charge in [-0.15, -0.1) is 0 Å². The van der Waals surface area contributed by atoms with Crippen molar-refractivity contribution in [3.8, 4) is 0 Å². The number of benzene rings is 1. The van der Waals surface area contributed by atoms with E-state index in [4.69, 9.17) is 11.6 Å². The Bertz CT molecular complexity index is 530. The SMILES string of the molecule is CN1C(=O)NC(=O)C(Cc2cccc(Cl)c2)C1=O. The van der Waals surface area contributed by atoms with Crippen LogP contribution in [0.3, 0.4) is 0 Å². The van der Waals surface area contributed by atoms with E-state index in [0.717, 1.165) is 10.5 Å². The molecule has 1 N–H and O–H groups in total. The molecular formula is C12H11ClN2O3. The van der Waals surface area contributed by atoms with Gasteiger partial charge in [0.05, 0.1) is 0 Å². The molecule has 5 nitrogen and oxygen atoms in total. The molecule has 6 heteroatoms. The molecule has 1 fully saturated rings. The summed E-state index contributed by atoms with van der Waals surface area (Å²) in [6.45, 7) is 0. The molecule has 1 aromatic rings. The predicted octanol–water partition coefficient (Wildman–Crippen LogP) is 1.21. The Kier molecular flexibility index (Phi) is 3.34. The lowest BCUT2D eigenvalue weighted by Crippen LogP contribution is -2.56. The number of carbonyl (C=O) groups excluding carboxylic acids is 3. The third-order valence-electron chi connectivity index (χ3n) is 2.81. The fraction of sp³-hybridized carbons (Fsp3) is 0.250. The third-order valence-corrected chi connectivity index (χ3v) is 3.04. The molecule has 1 atom stereocenters. The molecule has 0 saturated carbocycles. The molecule has 1 saturated heterocycles. The van der Waals surface area contributed by atoms with E-state index in [-0.39, 0.29) is 6.42 Å². The van der Waals surface area contributed by atoms with Gasteiger partial charge in [-0.1, -0.05) is 23.7 Å². The van der Waals surface area contributed by atoms with Crippen molar-refractivity contribution in [1.29, 1.82) is 0 Å². The highest BCUT2D eigenvalue weighted by molar-refractivity contribution is 6.30. The Morgan fingerprint density at radius 2 is 2.06 bits per heavy atom. The van der Waals surface area contributed by atoms with Crippen molar-refractivity contribution >= 4 is 29.4 Å². The minimum absolute atomic E-state index is 0.225. The minimum atomic E-state index is -0.883. The first-order chi connectivity index (χ1) is 8.49. The van der Waals surface area contributed by atoms with Gasteiger partial charge in [0.2, 0.25) is 11.8 Å². The Morgan fingerprint density at radius 3 is 2.72 bits per heavy atom. The zero-order valence-electron chi connectivity index (χ0n) is 9.64. The lowest BCUT2D eigenvalue weighted by Gasteiger charge is -2.27. The summed E-state index contributed by atoms with van der Waals surface area (Å²) in [4.78, 5) is 35.6. The maximum atomic E-state index is 11.8. The van der Waals surface area contributed by atoms with Crippen LogP contribution in [-0.4, -0.2) is 29.8 Å². The van der Waals surface area contributed by atoms with Gasteiger partial charge >= 0.3 is 6.03 Å². The number of hydrogen-bond donors (Lipinski definition) is 1. The van der Waals surface area contributed by atoms with Crippen LogP contribution < -0.4 is 5.32 Å². The second-order valence-electron chi connectivity index (χ2n) is 4.08. The second-order valence-corrected chi connectivity index (χ2v) is 4.51. The van der Waals surface area contributed by atoms with Crippen molar-refractivity contribution in [3.05, 3.63) is 34.9 Å². The van der Waals surface area contributed by atoms with Crippen LogP contribution in [0.4, 0.5) is 4.79 Å². The van der Waals surface area contributed by atoms with Crippen LogP contribution in [0.5, 0.6) is 0 Å². The van der Waals surface area contributed by atoms with Gasteiger partial charge in [-0.25, -0.2) is 4.79 Å². The average molecular weight is 267 g/mol. The number of hydrogen-bond acceptors (Lipinski definition) is 3. The summed E-state index contributed by atoms with van der Waals surface area (Å²) in [5.74, 6) is -1.95. The van der Waals surface area contributed by atoms with Gasteiger partial charge in [0.1, 0.15) is 5.92 Å². The number of imide groups is 2. The highest BCUT2D eigenvalue weighted by atomic mass is 35.5. The maximum absolute atomic E-state index is 11.8. The van der Waals surface area contributed by atoms with Gasteiger partial charge in [0.15, 0.2) is 0 Å².